The third kappa shape index (κ3) is 6.49. The monoisotopic (exact) mass is 295 g/mol. The Labute approximate surface area is 134 Å². The van der Waals surface area contributed by atoms with E-state index in [9.17, 15) is 4.79 Å². The normalized spacial score (nSPS) is 16.4. The second kappa shape index (κ2) is 10.5. The van der Waals surface area contributed by atoms with Gasteiger partial charge in [-0.1, -0.05) is 55.5 Å². The summed E-state index contributed by atoms with van der Waals surface area (Å²) in [6.07, 6.45) is 22.0. The van der Waals surface area contributed by atoms with Gasteiger partial charge in [-0.25, -0.2) is 0 Å². The van der Waals surface area contributed by atoms with Gasteiger partial charge < -0.3 is 0 Å². The third-order valence-corrected chi connectivity index (χ3v) is 3.35. The fourth-order valence-electron chi connectivity index (χ4n) is 2.02. The van der Waals surface area contributed by atoms with Crippen LogP contribution in [0.25, 0.3) is 0 Å². The van der Waals surface area contributed by atoms with E-state index in [-0.39, 0.29) is 5.78 Å². The summed E-state index contributed by atoms with van der Waals surface area (Å²) in [6, 6.07) is 0. The maximum Gasteiger partial charge on any atom is 0.162 e. The van der Waals surface area contributed by atoms with Crippen LogP contribution in [-0.4, -0.2) is 18.5 Å². The summed E-state index contributed by atoms with van der Waals surface area (Å²) in [5.74, 6) is 0.166. The molecule has 1 rings (SSSR count). The minimum absolute atomic E-state index is 0.166. The quantitative estimate of drug-likeness (QED) is 0.355. The second-order valence-electron chi connectivity index (χ2n) is 4.96. The van der Waals surface area contributed by atoms with E-state index < -0.39 is 0 Å². The molecule has 2 nitrogen and oxygen atoms in total. The fourth-order valence-corrected chi connectivity index (χ4v) is 2.02. The summed E-state index contributed by atoms with van der Waals surface area (Å²) in [6.45, 7) is 3.95. The number of aliphatic imine (C=N–C) groups is 1. The molecular formula is C20H25NO. The van der Waals surface area contributed by atoms with E-state index in [2.05, 4.69) is 29.3 Å². The van der Waals surface area contributed by atoms with Gasteiger partial charge in [0.2, 0.25) is 0 Å². The smallest absolute Gasteiger partial charge is 0.162 e. The van der Waals surface area contributed by atoms with Gasteiger partial charge in [0, 0.05) is 13.5 Å². The number of rotatable bonds is 8. The molecule has 22 heavy (non-hydrogen) atoms. The second-order valence-corrected chi connectivity index (χ2v) is 4.96. The number of hydrogen-bond acceptors (Lipinski definition) is 2. The highest BCUT2D eigenvalue weighted by Crippen LogP contribution is 2.11. The average molecular weight is 295 g/mol. The number of carbonyl (C=O) groups excluding carboxylic acids is 1. The molecule has 1 aliphatic carbocycles. The topological polar surface area (TPSA) is 29.4 Å². The third-order valence-electron chi connectivity index (χ3n) is 3.35. The Kier molecular flexibility index (Phi) is 8.51. The van der Waals surface area contributed by atoms with E-state index in [0.717, 1.165) is 24.1 Å². The number of ketones is 1. The molecular weight excluding hydrogens is 270 g/mol. The highest BCUT2D eigenvalue weighted by atomic mass is 16.1. The minimum atomic E-state index is 0.166. The Morgan fingerprint density at radius 1 is 1.36 bits per heavy atom. The molecule has 0 aliphatic heterocycles. The Morgan fingerprint density at radius 3 is 2.77 bits per heavy atom. The number of hydrogen-bond donors (Lipinski definition) is 0. The summed E-state index contributed by atoms with van der Waals surface area (Å²) >= 11 is 0. The van der Waals surface area contributed by atoms with Gasteiger partial charge in [-0.15, -0.1) is 0 Å². The Morgan fingerprint density at radius 2 is 2.18 bits per heavy atom. The molecule has 0 aromatic carbocycles. The zero-order valence-electron chi connectivity index (χ0n) is 13.8. The van der Waals surface area contributed by atoms with Gasteiger partial charge in [-0.2, -0.15) is 0 Å². The summed E-state index contributed by atoms with van der Waals surface area (Å²) in [5.41, 5.74) is 3.00. The molecule has 0 saturated heterocycles. The maximum atomic E-state index is 12.1. The lowest BCUT2D eigenvalue weighted by molar-refractivity contribution is -0.114. The van der Waals surface area contributed by atoms with Crippen molar-refractivity contribution in [2.45, 2.75) is 33.1 Å². The van der Waals surface area contributed by atoms with E-state index in [1.54, 1.807) is 7.05 Å². The van der Waals surface area contributed by atoms with Gasteiger partial charge in [0.25, 0.3) is 0 Å². The summed E-state index contributed by atoms with van der Waals surface area (Å²) in [5, 5.41) is 0. The van der Waals surface area contributed by atoms with Crippen LogP contribution >= 0.6 is 0 Å². The van der Waals surface area contributed by atoms with Crippen LogP contribution < -0.4 is 0 Å². The van der Waals surface area contributed by atoms with Crippen LogP contribution in [0.3, 0.4) is 0 Å². The molecule has 0 bridgehead atoms. The molecule has 0 saturated carbocycles. The van der Waals surface area contributed by atoms with Gasteiger partial charge in [0.1, 0.15) is 0 Å². The van der Waals surface area contributed by atoms with Crippen LogP contribution in [-0.2, 0) is 4.79 Å². The van der Waals surface area contributed by atoms with Crippen LogP contribution in [0, 0.1) is 0 Å². The first-order chi connectivity index (χ1) is 10.7. The van der Waals surface area contributed by atoms with Crippen molar-refractivity contribution < 1.29 is 4.79 Å². The van der Waals surface area contributed by atoms with E-state index in [1.165, 1.54) is 5.57 Å². The standard InChI is InChI=1S/C20H25NO/c1-4-6-12-18(5-2)20(22)14-9-13-19(21-3)16-15-17-10-7-8-11-17/h4,6-10,12-13,15-16H,5,11,14H2,1-3H3/b6-4-,13-9-,16-15+,18-12+,21-19?. The van der Waals surface area contributed by atoms with Gasteiger partial charge >= 0.3 is 0 Å². The van der Waals surface area contributed by atoms with Crippen molar-refractivity contribution in [3.8, 4) is 0 Å². The Balaban J connectivity index is 2.57. The fraction of sp³-hybridized carbons (Fsp3) is 0.300. The maximum absolute atomic E-state index is 12.1. The number of carbonyl (C=O) groups is 1. The zero-order valence-corrected chi connectivity index (χ0v) is 13.8. The van der Waals surface area contributed by atoms with E-state index in [4.69, 9.17) is 0 Å². The van der Waals surface area contributed by atoms with Gasteiger partial charge in [0.15, 0.2) is 5.78 Å². The molecule has 0 N–H and O–H groups in total. The number of allylic oxidation sites excluding steroid dienone is 12. The Bertz CT molecular complexity index is 581. The molecule has 1 aliphatic rings. The number of nitrogens with zero attached hydrogens (tertiary/aromatic N) is 1. The summed E-state index contributed by atoms with van der Waals surface area (Å²) < 4.78 is 0. The van der Waals surface area contributed by atoms with Gasteiger partial charge in [0.05, 0.1) is 5.71 Å². The molecule has 0 aromatic rings. The first-order valence-corrected chi connectivity index (χ1v) is 7.73. The summed E-state index contributed by atoms with van der Waals surface area (Å²) in [7, 11) is 1.76. The summed E-state index contributed by atoms with van der Waals surface area (Å²) in [4.78, 5) is 16.3. The van der Waals surface area contributed by atoms with Crippen LogP contribution in [0.15, 0.2) is 76.9 Å². The predicted molar refractivity (Wildman–Crippen MR) is 96.3 cm³/mol. The molecule has 0 amide bonds. The SMILES string of the molecule is C/C=C\C=C(/CC)C(=O)C/C=C\C(/C=C/C1=CC=CC1)=NC. The lowest BCUT2D eigenvalue weighted by atomic mass is 10.0. The molecule has 2 heteroatoms. The highest BCUT2D eigenvalue weighted by molar-refractivity contribution is 6.05. The van der Waals surface area contributed by atoms with Crippen LogP contribution in [0.2, 0.25) is 0 Å². The zero-order chi connectivity index (χ0) is 16.2. The average Bonchev–Trinajstić information content (AvgIpc) is 3.04. The first-order valence-electron chi connectivity index (χ1n) is 7.73. The molecule has 0 fully saturated rings. The molecule has 0 heterocycles. The van der Waals surface area contributed by atoms with Crippen LogP contribution in [0.1, 0.15) is 33.1 Å². The number of Topliss-reactive ketones (excluding diaryl/α,β-unsaturated/α-hetero) is 1. The van der Waals surface area contributed by atoms with Crippen molar-refractivity contribution in [1.82, 2.24) is 0 Å². The van der Waals surface area contributed by atoms with Crippen molar-refractivity contribution in [3.05, 3.63) is 71.9 Å². The van der Waals surface area contributed by atoms with Crippen LogP contribution in [0.5, 0.6) is 0 Å². The lowest BCUT2D eigenvalue weighted by Crippen LogP contribution is -2.00. The Hall–Kier alpha value is -2.22. The predicted octanol–water partition coefficient (Wildman–Crippen LogP) is 4.93. The molecule has 116 valence electrons. The minimum Gasteiger partial charge on any atom is -0.294 e. The van der Waals surface area contributed by atoms with E-state index in [0.29, 0.717) is 6.42 Å². The van der Waals surface area contributed by atoms with Crippen molar-refractivity contribution in [2.24, 2.45) is 4.99 Å². The van der Waals surface area contributed by atoms with Crippen LogP contribution in [0.4, 0.5) is 0 Å². The molecule has 0 unspecified atom stereocenters. The van der Waals surface area contributed by atoms with Crippen molar-refractivity contribution in [1.29, 1.82) is 0 Å². The first kappa shape index (κ1) is 17.8. The van der Waals surface area contributed by atoms with Gasteiger partial charge in [-0.3, -0.25) is 9.79 Å². The molecule has 0 radical (unpaired) electrons. The highest BCUT2D eigenvalue weighted by Gasteiger charge is 2.04. The van der Waals surface area contributed by atoms with Crippen molar-refractivity contribution in [3.63, 3.8) is 0 Å². The lowest BCUT2D eigenvalue weighted by Gasteiger charge is -1.99. The molecule has 0 spiro atoms. The largest absolute Gasteiger partial charge is 0.294 e. The van der Waals surface area contributed by atoms with Gasteiger partial charge in [-0.05, 0) is 43.1 Å². The molecule has 0 aromatic heterocycles. The van der Waals surface area contributed by atoms with E-state index in [1.807, 2.05) is 50.3 Å². The van der Waals surface area contributed by atoms with Crippen molar-refractivity contribution >= 4 is 11.5 Å². The van der Waals surface area contributed by atoms with Crippen molar-refractivity contribution in [2.75, 3.05) is 7.05 Å². The molecule has 0 atom stereocenters. The van der Waals surface area contributed by atoms with E-state index >= 15 is 0 Å².